The summed E-state index contributed by atoms with van der Waals surface area (Å²) < 4.78 is 15.9. The molecule has 0 unspecified atom stereocenters. The van der Waals surface area contributed by atoms with Gasteiger partial charge in [0.2, 0.25) is 0 Å². The largest absolute Gasteiger partial charge is 0.496 e. The smallest absolute Gasteiger partial charge is 0.129 e. The first kappa shape index (κ1) is 13.6. The van der Waals surface area contributed by atoms with E-state index in [2.05, 4.69) is 0 Å². The molecule has 0 fully saturated rings. The van der Waals surface area contributed by atoms with Crippen LogP contribution in [0.15, 0.2) is 12.1 Å². The van der Waals surface area contributed by atoms with Crippen LogP contribution in [0.25, 0.3) is 0 Å². The number of rotatable bonds is 6. The summed E-state index contributed by atoms with van der Waals surface area (Å²) in [5.41, 5.74) is 6.81. The van der Waals surface area contributed by atoms with E-state index >= 15 is 0 Å². The van der Waals surface area contributed by atoms with Crippen molar-refractivity contribution in [3.63, 3.8) is 0 Å². The fourth-order valence-corrected chi connectivity index (χ4v) is 1.70. The van der Waals surface area contributed by atoms with E-state index in [0.29, 0.717) is 0 Å². The van der Waals surface area contributed by atoms with Gasteiger partial charge in [-0.3, -0.25) is 0 Å². The van der Waals surface area contributed by atoms with E-state index < -0.39 is 0 Å². The van der Waals surface area contributed by atoms with Crippen LogP contribution in [0.5, 0.6) is 17.2 Å². The quantitative estimate of drug-likeness (QED) is 0.825. The Bertz CT molecular complexity index is 339. The number of benzene rings is 1. The third-order valence-electron chi connectivity index (χ3n) is 2.67. The summed E-state index contributed by atoms with van der Waals surface area (Å²) in [5, 5.41) is 0. The molecule has 0 saturated heterocycles. The van der Waals surface area contributed by atoms with Gasteiger partial charge in [-0.2, -0.15) is 0 Å². The molecule has 0 aliphatic carbocycles. The molecule has 2 N–H and O–H groups in total. The SMILES string of the molecule is COc1cc(OC)c(CC[C@@H](C)N)c(OC)c1. The Morgan fingerprint density at radius 3 is 1.94 bits per heavy atom. The molecule has 0 radical (unpaired) electrons. The molecule has 0 heterocycles. The zero-order chi connectivity index (χ0) is 12.8. The highest BCUT2D eigenvalue weighted by molar-refractivity contribution is 5.50. The van der Waals surface area contributed by atoms with Gasteiger partial charge in [-0.15, -0.1) is 0 Å². The molecule has 0 aromatic heterocycles. The van der Waals surface area contributed by atoms with Gasteiger partial charge < -0.3 is 19.9 Å². The standard InChI is InChI=1S/C13H21NO3/c1-9(14)5-6-11-12(16-3)7-10(15-2)8-13(11)17-4/h7-9H,5-6,14H2,1-4H3/t9-/m1/s1. The minimum atomic E-state index is 0.159. The number of methoxy groups -OCH3 is 3. The van der Waals surface area contributed by atoms with Crippen LogP contribution < -0.4 is 19.9 Å². The average molecular weight is 239 g/mol. The first-order valence-corrected chi connectivity index (χ1v) is 5.66. The summed E-state index contributed by atoms with van der Waals surface area (Å²) in [7, 11) is 4.91. The Kier molecular flexibility index (Phi) is 5.10. The molecule has 0 amide bonds. The summed E-state index contributed by atoms with van der Waals surface area (Å²) in [6.07, 6.45) is 1.72. The Labute approximate surface area is 103 Å². The van der Waals surface area contributed by atoms with E-state index in [1.54, 1.807) is 21.3 Å². The van der Waals surface area contributed by atoms with Crippen LogP contribution in [0.1, 0.15) is 18.9 Å². The summed E-state index contributed by atoms with van der Waals surface area (Å²) in [6.45, 7) is 1.99. The Morgan fingerprint density at radius 2 is 1.59 bits per heavy atom. The van der Waals surface area contributed by atoms with Gasteiger partial charge in [-0.25, -0.2) is 0 Å². The third kappa shape index (κ3) is 3.53. The first-order chi connectivity index (χ1) is 8.12. The lowest BCUT2D eigenvalue weighted by Crippen LogP contribution is -2.15. The van der Waals surface area contributed by atoms with E-state index in [4.69, 9.17) is 19.9 Å². The number of nitrogens with two attached hydrogens (primary N) is 1. The predicted molar refractivity (Wildman–Crippen MR) is 68.1 cm³/mol. The van der Waals surface area contributed by atoms with Gasteiger partial charge in [0.1, 0.15) is 17.2 Å². The second-order valence-corrected chi connectivity index (χ2v) is 4.03. The molecule has 0 bridgehead atoms. The van der Waals surface area contributed by atoms with Crippen molar-refractivity contribution < 1.29 is 14.2 Å². The van der Waals surface area contributed by atoms with Crippen LogP contribution in [-0.2, 0) is 6.42 Å². The van der Waals surface area contributed by atoms with Crippen molar-refractivity contribution in [2.24, 2.45) is 5.73 Å². The molecular formula is C13H21NO3. The van der Waals surface area contributed by atoms with Crippen LogP contribution in [0.4, 0.5) is 0 Å². The fraction of sp³-hybridized carbons (Fsp3) is 0.538. The van der Waals surface area contributed by atoms with Crippen LogP contribution in [0.2, 0.25) is 0 Å². The molecule has 0 aliphatic rings. The van der Waals surface area contributed by atoms with Crippen molar-refractivity contribution >= 4 is 0 Å². The van der Waals surface area contributed by atoms with E-state index in [-0.39, 0.29) is 6.04 Å². The fourth-order valence-electron chi connectivity index (χ4n) is 1.70. The maximum absolute atomic E-state index is 5.77. The third-order valence-corrected chi connectivity index (χ3v) is 2.67. The molecule has 4 heteroatoms. The minimum absolute atomic E-state index is 0.159. The molecule has 17 heavy (non-hydrogen) atoms. The molecule has 0 aliphatic heterocycles. The van der Waals surface area contributed by atoms with Gasteiger partial charge >= 0.3 is 0 Å². The topological polar surface area (TPSA) is 53.7 Å². The zero-order valence-corrected chi connectivity index (χ0v) is 10.9. The average Bonchev–Trinajstić information content (AvgIpc) is 2.34. The number of hydrogen-bond donors (Lipinski definition) is 1. The molecule has 4 nitrogen and oxygen atoms in total. The molecule has 1 rings (SSSR count). The van der Waals surface area contributed by atoms with Crippen molar-refractivity contribution in [3.8, 4) is 17.2 Å². The molecular weight excluding hydrogens is 218 g/mol. The Hall–Kier alpha value is -1.42. The lowest BCUT2D eigenvalue weighted by atomic mass is 10.0. The first-order valence-electron chi connectivity index (χ1n) is 5.66. The summed E-state index contributed by atoms with van der Waals surface area (Å²) in [4.78, 5) is 0. The molecule has 0 saturated carbocycles. The monoisotopic (exact) mass is 239 g/mol. The second-order valence-electron chi connectivity index (χ2n) is 4.03. The van der Waals surface area contributed by atoms with Crippen molar-refractivity contribution in [3.05, 3.63) is 17.7 Å². The van der Waals surface area contributed by atoms with Gasteiger partial charge in [-0.1, -0.05) is 0 Å². The number of ether oxygens (including phenoxy) is 3. The van der Waals surface area contributed by atoms with Crippen molar-refractivity contribution in [2.45, 2.75) is 25.8 Å². The molecule has 1 aromatic rings. The van der Waals surface area contributed by atoms with Crippen molar-refractivity contribution in [1.82, 2.24) is 0 Å². The highest BCUT2D eigenvalue weighted by Crippen LogP contribution is 2.34. The lowest BCUT2D eigenvalue weighted by Gasteiger charge is -2.15. The van der Waals surface area contributed by atoms with Gasteiger partial charge in [0.25, 0.3) is 0 Å². The molecule has 1 aromatic carbocycles. The van der Waals surface area contributed by atoms with E-state index in [1.807, 2.05) is 19.1 Å². The number of hydrogen-bond acceptors (Lipinski definition) is 4. The van der Waals surface area contributed by atoms with Gasteiger partial charge in [0.15, 0.2) is 0 Å². The van der Waals surface area contributed by atoms with Crippen molar-refractivity contribution in [2.75, 3.05) is 21.3 Å². The normalized spacial score (nSPS) is 12.1. The highest BCUT2D eigenvalue weighted by Gasteiger charge is 2.13. The second kappa shape index (κ2) is 6.35. The molecule has 0 spiro atoms. The van der Waals surface area contributed by atoms with Crippen LogP contribution >= 0.6 is 0 Å². The van der Waals surface area contributed by atoms with Crippen LogP contribution in [0, 0.1) is 0 Å². The Morgan fingerprint density at radius 1 is 1.06 bits per heavy atom. The van der Waals surface area contributed by atoms with Crippen molar-refractivity contribution in [1.29, 1.82) is 0 Å². The van der Waals surface area contributed by atoms with E-state index in [1.165, 1.54) is 0 Å². The van der Waals surface area contributed by atoms with Gasteiger partial charge in [0.05, 0.1) is 21.3 Å². The van der Waals surface area contributed by atoms with Gasteiger partial charge in [0, 0.05) is 23.7 Å². The lowest BCUT2D eigenvalue weighted by molar-refractivity contribution is 0.367. The summed E-state index contributed by atoms with van der Waals surface area (Å²) in [5.74, 6) is 2.28. The Balaban J connectivity index is 3.06. The summed E-state index contributed by atoms with van der Waals surface area (Å²) in [6, 6.07) is 3.88. The highest BCUT2D eigenvalue weighted by atomic mass is 16.5. The van der Waals surface area contributed by atoms with E-state index in [9.17, 15) is 0 Å². The molecule has 1 atom stereocenters. The van der Waals surface area contributed by atoms with Crippen LogP contribution in [-0.4, -0.2) is 27.4 Å². The predicted octanol–water partition coefficient (Wildman–Crippen LogP) is 1.99. The zero-order valence-electron chi connectivity index (χ0n) is 10.9. The minimum Gasteiger partial charge on any atom is -0.496 e. The van der Waals surface area contributed by atoms with Crippen LogP contribution in [0.3, 0.4) is 0 Å². The maximum Gasteiger partial charge on any atom is 0.129 e. The van der Waals surface area contributed by atoms with Gasteiger partial charge in [-0.05, 0) is 19.8 Å². The maximum atomic E-state index is 5.77. The summed E-state index contributed by atoms with van der Waals surface area (Å²) >= 11 is 0. The molecule has 96 valence electrons. The van der Waals surface area contributed by atoms with E-state index in [0.717, 1.165) is 35.7 Å².